The summed E-state index contributed by atoms with van der Waals surface area (Å²) >= 11 is 1.42. The number of nitrogens with zero attached hydrogens (tertiary/aromatic N) is 2. The van der Waals surface area contributed by atoms with Gasteiger partial charge in [-0.05, 0) is 68.8 Å². The highest BCUT2D eigenvalue weighted by Crippen LogP contribution is 2.32. The molecule has 1 aromatic heterocycles. The summed E-state index contributed by atoms with van der Waals surface area (Å²) in [4.78, 5) is 9.70. The number of halogens is 1. The van der Waals surface area contributed by atoms with Crippen molar-refractivity contribution in [1.29, 1.82) is 0 Å². The maximum atomic E-state index is 13.7. The van der Waals surface area contributed by atoms with Gasteiger partial charge in [0.1, 0.15) is 5.82 Å². The smallest absolute Gasteiger partial charge is 0.192 e. The Hall–Kier alpha value is -1.46. The first-order chi connectivity index (χ1) is 9.36. The Bertz CT molecular complexity index is 621. The van der Waals surface area contributed by atoms with Gasteiger partial charge in [0.2, 0.25) is 0 Å². The van der Waals surface area contributed by atoms with E-state index in [1.54, 1.807) is 13.0 Å². The molecule has 20 heavy (non-hydrogen) atoms. The molecule has 1 aromatic carbocycles. The molecule has 0 spiro atoms. The Labute approximate surface area is 122 Å². The molecule has 0 bridgehead atoms. The van der Waals surface area contributed by atoms with Crippen molar-refractivity contribution in [3.63, 3.8) is 0 Å². The van der Waals surface area contributed by atoms with Gasteiger partial charge >= 0.3 is 0 Å². The van der Waals surface area contributed by atoms with Crippen molar-refractivity contribution in [1.82, 2.24) is 9.97 Å². The molecule has 0 amide bonds. The molecule has 0 aliphatic rings. The van der Waals surface area contributed by atoms with Crippen LogP contribution in [0.3, 0.4) is 0 Å². The second-order valence-corrected chi connectivity index (χ2v) is 5.97. The number of benzene rings is 1. The van der Waals surface area contributed by atoms with Crippen molar-refractivity contribution >= 4 is 11.8 Å². The molecule has 1 heterocycles. The van der Waals surface area contributed by atoms with E-state index < -0.39 is 0 Å². The molecular formula is C15H18FN3S. The SMILES string of the molecule is Cc1cc(C)nc(Sc2cc(C)c(F)cc2[C@@H](C)N)n1. The highest BCUT2D eigenvalue weighted by Gasteiger charge is 2.13. The van der Waals surface area contributed by atoms with Gasteiger partial charge in [0.25, 0.3) is 0 Å². The van der Waals surface area contributed by atoms with Crippen molar-refractivity contribution in [3.05, 3.63) is 46.5 Å². The molecule has 2 aromatic rings. The van der Waals surface area contributed by atoms with Gasteiger partial charge in [-0.3, -0.25) is 0 Å². The average Bonchev–Trinajstić information content (AvgIpc) is 2.31. The number of hydrogen-bond donors (Lipinski definition) is 1. The van der Waals surface area contributed by atoms with Gasteiger partial charge in [0.15, 0.2) is 5.16 Å². The summed E-state index contributed by atoms with van der Waals surface area (Å²) in [5.74, 6) is -0.233. The van der Waals surface area contributed by atoms with Gasteiger partial charge in [-0.2, -0.15) is 0 Å². The molecule has 0 aliphatic heterocycles. The van der Waals surface area contributed by atoms with Crippen LogP contribution in [0.5, 0.6) is 0 Å². The van der Waals surface area contributed by atoms with Gasteiger partial charge in [-0.15, -0.1) is 0 Å². The van der Waals surface area contributed by atoms with Crippen molar-refractivity contribution in [2.24, 2.45) is 5.73 Å². The van der Waals surface area contributed by atoms with E-state index in [1.807, 2.05) is 26.8 Å². The van der Waals surface area contributed by atoms with Crippen molar-refractivity contribution in [2.45, 2.75) is 43.8 Å². The second kappa shape index (κ2) is 5.89. The molecule has 3 nitrogen and oxygen atoms in total. The summed E-state index contributed by atoms with van der Waals surface area (Å²) in [6.45, 7) is 7.45. The number of hydrogen-bond acceptors (Lipinski definition) is 4. The average molecular weight is 291 g/mol. The fraction of sp³-hybridized carbons (Fsp3) is 0.333. The van der Waals surface area contributed by atoms with Gasteiger partial charge < -0.3 is 5.73 Å². The van der Waals surface area contributed by atoms with Crippen LogP contribution in [0, 0.1) is 26.6 Å². The van der Waals surface area contributed by atoms with E-state index in [2.05, 4.69) is 9.97 Å². The summed E-state index contributed by atoms with van der Waals surface area (Å²) in [6.07, 6.45) is 0. The van der Waals surface area contributed by atoms with E-state index in [-0.39, 0.29) is 11.9 Å². The maximum Gasteiger partial charge on any atom is 0.192 e. The molecule has 0 saturated carbocycles. The third-order valence-electron chi connectivity index (χ3n) is 2.94. The first-order valence-corrected chi connectivity index (χ1v) is 7.24. The van der Waals surface area contributed by atoms with E-state index in [0.717, 1.165) is 21.8 Å². The predicted molar refractivity (Wildman–Crippen MR) is 79.4 cm³/mol. The van der Waals surface area contributed by atoms with Crippen molar-refractivity contribution in [3.8, 4) is 0 Å². The molecule has 5 heteroatoms. The molecule has 2 N–H and O–H groups in total. The van der Waals surface area contributed by atoms with Crippen LogP contribution in [0.15, 0.2) is 28.3 Å². The van der Waals surface area contributed by atoms with Gasteiger partial charge in [-0.1, -0.05) is 0 Å². The zero-order valence-corrected chi connectivity index (χ0v) is 12.9. The van der Waals surface area contributed by atoms with Crippen LogP contribution in [0.1, 0.15) is 35.5 Å². The highest BCUT2D eigenvalue weighted by atomic mass is 32.2. The molecule has 2 rings (SSSR count). The van der Waals surface area contributed by atoms with Crippen LogP contribution in [0.25, 0.3) is 0 Å². The van der Waals surface area contributed by atoms with Gasteiger partial charge in [-0.25, -0.2) is 14.4 Å². The molecule has 0 saturated heterocycles. The van der Waals surface area contributed by atoms with E-state index in [1.165, 1.54) is 17.8 Å². The van der Waals surface area contributed by atoms with E-state index in [9.17, 15) is 4.39 Å². The lowest BCUT2D eigenvalue weighted by molar-refractivity contribution is 0.610. The monoisotopic (exact) mass is 291 g/mol. The number of aryl methyl sites for hydroxylation is 3. The fourth-order valence-corrected chi connectivity index (χ4v) is 3.13. The molecule has 106 valence electrons. The number of rotatable bonds is 3. The third-order valence-corrected chi connectivity index (χ3v) is 3.88. The normalized spacial score (nSPS) is 12.5. The number of aromatic nitrogens is 2. The highest BCUT2D eigenvalue weighted by molar-refractivity contribution is 7.99. The van der Waals surface area contributed by atoms with Crippen LogP contribution >= 0.6 is 11.8 Å². The lowest BCUT2D eigenvalue weighted by Gasteiger charge is -2.13. The lowest BCUT2D eigenvalue weighted by atomic mass is 10.1. The van der Waals surface area contributed by atoms with Crippen molar-refractivity contribution in [2.75, 3.05) is 0 Å². The van der Waals surface area contributed by atoms with Gasteiger partial charge in [0.05, 0.1) is 0 Å². The molecular weight excluding hydrogens is 273 g/mol. The quantitative estimate of drug-likeness (QED) is 0.876. The molecule has 0 unspecified atom stereocenters. The first-order valence-electron chi connectivity index (χ1n) is 6.42. The van der Waals surface area contributed by atoms with Crippen LogP contribution < -0.4 is 5.73 Å². The van der Waals surface area contributed by atoms with Crippen molar-refractivity contribution < 1.29 is 4.39 Å². The summed E-state index contributed by atoms with van der Waals surface area (Å²) in [5.41, 5.74) is 9.14. The first kappa shape index (κ1) is 14.9. The third kappa shape index (κ3) is 3.35. The van der Waals surface area contributed by atoms with Crippen LogP contribution in [-0.4, -0.2) is 9.97 Å². The van der Waals surface area contributed by atoms with E-state index in [4.69, 9.17) is 5.73 Å². The zero-order chi connectivity index (χ0) is 14.9. The minimum absolute atomic E-state index is 0.233. The maximum absolute atomic E-state index is 13.7. The largest absolute Gasteiger partial charge is 0.324 e. The second-order valence-electron chi connectivity index (χ2n) is 4.96. The topological polar surface area (TPSA) is 51.8 Å². The Morgan fingerprint density at radius 2 is 1.70 bits per heavy atom. The number of nitrogens with two attached hydrogens (primary N) is 1. The summed E-state index contributed by atoms with van der Waals surface area (Å²) < 4.78 is 13.7. The molecule has 0 radical (unpaired) electrons. The summed E-state index contributed by atoms with van der Waals surface area (Å²) in [6, 6.07) is 5.00. The predicted octanol–water partition coefficient (Wildman–Crippen LogP) is 3.71. The van der Waals surface area contributed by atoms with Crippen LogP contribution in [-0.2, 0) is 0 Å². The minimum atomic E-state index is -0.237. The van der Waals surface area contributed by atoms with Crippen LogP contribution in [0.2, 0.25) is 0 Å². The van der Waals surface area contributed by atoms with Crippen LogP contribution in [0.4, 0.5) is 4.39 Å². The Morgan fingerprint density at radius 3 is 2.25 bits per heavy atom. The molecule has 0 aliphatic carbocycles. The molecule has 1 atom stereocenters. The lowest BCUT2D eigenvalue weighted by Crippen LogP contribution is -2.08. The zero-order valence-electron chi connectivity index (χ0n) is 12.1. The minimum Gasteiger partial charge on any atom is -0.324 e. The Balaban J connectivity index is 2.44. The molecule has 0 fully saturated rings. The summed E-state index contributed by atoms with van der Waals surface area (Å²) in [5, 5.41) is 0.662. The fourth-order valence-electron chi connectivity index (χ4n) is 1.95. The van der Waals surface area contributed by atoms with E-state index >= 15 is 0 Å². The van der Waals surface area contributed by atoms with E-state index in [0.29, 0.717) is 10.7 Å². The Kier molecular flexibility index (Phi) is 4.40. The Morgan fingerprint density at radius 1 is 1.10 bits per heavy atom. The van der Waals surface area contributed by atoms with Gasteiger partial charge in [0, 0.05) is 22.3 Å². The summed E-state index contributed by atoms with van der Waals surface area (Å²) in [7, 11) is 0. The standard InChI is InChI=1S/C15H18FN3S/c1-8-5-14(12(11(4)17)7-13(8)16)20-15-18-9(2)6-10(3)19-15/h5-7,11H,17H2,1-4H3/t11-/m1/s1.